The number of benzene rings is 1. The molecule has 1 aromatic rings. The van der Waals surface area contributed by atoms with Crippen LogP contribution in [0.25, 0.3) is 0 Å². The van der Waals surface area contributed by atoms with E-state index in [-0.39, 0.29) is 16.9 Å². The third-order valence-electron chi connectivity index (χ3n) is 1.78. The molecule has 0 aromatic heterocycles. The number of nitrogens with zero attached hydrogens (tertiary/aromatic N) is 1. The van der Waals surface area contributed by atoms with Crippen molar-refractivity contribution in [3.05, 3.63) is 41.6 Å². The predicted octanol–water partition coefficient (Wildman–Crippen LogP) is 1.40. The zero-order valence-electron chi connectivity index (χ0n) is 8.18. The number of carboxylic acids is 1. The van der Waals surface area contributed by atoms with Crippen LogP contribution in [-0.2, 0) is 4.79 Å². The Kier molecular flexibility index (Phi) is 3.81. The summed E-state index contributed by atoms with van der Waals surface area (Å²) in [7, 11) is 0. The number of anilines is 1. The van der Waals surface area contributed by atoms with Crippen molar-refractivity contribution in [1.82, 2.24) is 0 Å². The summed E-state index contributed by atoms with van der Waals surface area (Å²) >= 11 is 0. The van der Waals surface area contributed by atoms with E-state index in [2.05, 4.69) is 5.32 Å². The first-order chi connectivity index (χ1) is 7.69. The van der Waals surface area contributed by atoms with Gasteiger partial charge in [-0.25, -0.2) is 4.79 Å². The third kappa shape index (κ3) is 2.69. The lowest BCUT2D eigenvalue weighted by molar-refractivity contribution is -0.104. The van der Waals surface area contributed by atoms with E-state index in [1.54, 1.807) is 18.2 Å². The normalized spacial score (nSPS) is 10.3. The number of rotatable bonds is 4. The average molecular weight is 216 g/mol. The molecule has 0 bridgehead atoms. The Hall–Kier alpha value is -2.61. The molecule has 0 unspecified atom stereocenters. The van der Waals surface area contributed by atoms with Crippen LogP contribution >= 0.6 is 0 Å². The summed E-state index contributed by atoms with van der Waals surface area (Å²) in [6.45, 7) is 0. The number of hydrogen-bond acceptors (Lipinski definition) is 4. The summed E-state index contributed by atoms with van der Waals surface area (Å²) < 4.78 is 0. The minimum absolute atomic E-state index is 0.0105. The summed E-state index contributed by atoms with van der Waals surface area (Å²) in [5, 5.41) is 20.1. The predicted molar refractivity (Wildman–Crippen MR) is 56.8 cm³/mol. The molecule has 0 amide bonds. The van der Waals surface area contributed by atoms with Gasteiger partial charge in [-0.15, -0.1) is 0 Å². The van der Waals surface area contributed by atoms with Gasteiger partial charge in [-0.2, -0.15) is 5.26 Å². The minimum Gasteiger partial charge on any atom is -0.478 e. The maximum absolute atomic E-state index is 10.8. The standard InChI is InChI=1S/C11H8N2O3/c12-7-8(5-6-14)13-10-4-2-1-3-9(10)11(15)16/h1-6,13H,(H,15,16)/b8-5+. The van der Waals surface area contributed by atoms with E-state index in [1.807, 2.05) is 0 Å². The lowest BCUT2D eigenvalue weighted by atomic mass is 10.1. The van der Waals surface area contributed by atoms with Crippen molar-refractivity contribution >= 4 is 17.9 Å². The van der Waals surface area contributed by atoms with E-state index in [9.17, 15) is 9.59 Å². The topological polar surface area (TPSA) is 90.2 Å². The van der Waals surface area contributed by atoms with Gasteiger partial charge in [-0.1, -0.05) is 12.1 Å². The zero-order chi connectivity index (χ0) is 12.0. The molecule has 1 aromatic carbocycles. The number of nitrogens with one attached hydrogen (secondary N) is 1. The van der Waals surface area contributed by atoms with Crippen LogP contribution in [0.2, 0.25) is 0 Å². The van der Waals surface area contributed by atoms with Crippen molar-refractivity contribution in [3.8, 4) is 6.07 Å². The summed E-state index contributed by atoms with van der Waals surface area (Å²) in [6, 6.07) is 7.86. The fourth-order valence-corrected chi connectivity index (χ4v) is 1.10. The Morgan fingerprint density at radius 1 is 1.44 bits per heavy atom. The number of hydrogen-bond donors (Lipinski definition) is 2. The second kappa shape index (κ2) is 5.32. The van der Waals surface area contributed by atoms with Gasteiger partial charge >= 0.3 is 5.97 Å². The second-order valence-electron chi connectivity index (χ2n) is 2.80. The van der Waals surface area contributed by atoms with Gasteiger partial charge in [0.1, 0.15) is 18.1 Å². The van der Waals surface area contributed by atoms with Gasteiger partial charge in [-0.3, -0.25) is 4.79 Å². The van der Waals surface area contributed by atoms with Crippen LogP contribution in [0, 0.1) is 11.3 Å². The number of carbonyl (C=O) groups excluding carboxylic acids is 1. The molecule has 0 spiro atoms. The molecular weight excluding hydrogens is 208 g/mol. The average Bonchev–Trinajstić information content (AvgIpc) is 2.29. The molecule has 1 rings (SSSR count). The highest BCUT2D eigenvalue weighted by molar-refractivity contribution is 5.94. The highest BCUT2D eigenvalue weighted by Gasteiger charge is 2.09. The zero-order valence-corrected chi connectivity index (χ0v) is 8.18. The van der Waals surface area contributed by atoms with Gasteiger partial charge in [0.25, 0.3) is 0 Å². The third-order valence-corrected chi connectivity index (χ3v) is 1.78. The summed E-state index contributed by atoms with van der Waals surface area (Å²) in [5.41, 5.74) is 0.294. The number of allylic oxidation sites excluding steroid dienone is 2. The SMILES string of the molecule is N#C/C(=C\C=O)Nc1ccccc1C(=O)O. The van der Waals surface area contributed by atoms with Gasteiger partial charge in [0.05, 0.1) is 11.3 Å². The number of carbonyl (C=O) groups is 2. The van der Waals surface area contributed by atoms with Crippen LogP contribution in [0.5, 0.6) is 0 Å². The van der Waals surface area contributed by atoms with E-state index in [0.717, 1.165) is 6.08 Å². The molecule has 0 aliphatic heterocycles. The Labute approximate surface area is 91.6 Å². The number of para-hydroxylation sites is 1. The number of aromatic carboxylic acids is 1. The van der Waals surface area contributed by atoms with Gasteiger partial charge < -0.3 is 10.4 Å². The van der Waals surface area contributed by atoms with Crippen LogP contribution in [0.1, 0.15) is 10.4 Å². The van der Waals surface area contributed by atoms with Crippen LogP contribution in [0.3, 0.4) is 0 Å². The van der Waals surface area contributed by atoms with Crippen molar-refractivity contribution in [2.75, 3.05) is 5.32 Å². The fraction of sp³-hybridized carbons (Fsp3) is 0. The molecule has 0 fully saturated rings. The Morgan fingerprint density at radius 3 is 2.69 bits per heavy atom. The number of nitriles is 1. The fourth-order valence-electron chi connectivity index (χ4n) is 1.10. The molecule has 16 heavy (non-hydrogen) atoms. The summed E-state index contributed by atoms with van der Waals surface area (Å²) in [4.78, 5) is 21.0. The molecule has 5 heteroatoms. The smallest absolute Gasteiger partial charge is 0.337 e. The summed E-state index contributed by atoms with van der Waals surface area (Å²) in [5.74, 6) is -1.11. The first kappa shape index (κ1) is 11.5. The summed E-state index contributed by atoms with van der Waals surface area (Å²) in [6.07, 6.45) is 1.48. The van der Waals surface area contributed by atoms with E-state index in [4.69, 9.17) is 10.4 Å². The molecule has 0 saturated carbocycles. The number of aldehydes is 1. The van der Waals surface area contributed by atoms with Gasteiger partial charge in [0.15, 0.2) is 0 Å². The highest BCUT2D eigenvalue weighted by Crippen LogP contribution is 2.16. The maximum atomic E-state index is 10.8. The largest absolute Gasteiger partial charge is 0.478 e. The molecule has 0 aliphatic carbocycles. The van der Waals surface area contributed by atoms with E-state index >= 15 is 0 Å². The quantitative estimate of drug-likeness (QED) is 0.451. The molecule has 0 aliphatic rings. The number of carboxylic acid groups (broad SMARTS) is 1. The lowest BCUT2D eigenvalue weighted by Gasteiger charge is -2.06. The van der Waals surface area contributed by atoms with Crippen molar-refractivity contribution in [1.29, 1.82) is 5.26 Å². The van der Waals surface area contributed by atoms with Gasteiger partial charge in [0.2, 0.25) is 0 Å². The Balaban J connectivity index is 3.06. The van der Waals surface area contributed by atoms with E-state index < -0.39 is 5.97 Å². The van der Waals surface area contributed by atoms with Crippen molar-refractivity contribution < 1.29 is 14.7 Å². The lowest BCUT2D eigenvalue weighted by Crippen LogP contribution is -2.05. The molecule has 5 nitrogen and oxygen atoms in total. The second-order valence-corrected chi connectivity index (χ2v) is 2.80. The molecule has 0 atom stereocenters. The van der Waals surface area contributed by atoms with Crippen molar-refractivity contribution in [2.24, 2.45) is 0 Å². The molecule has 0 saturated heterocycles. The van der Waals surface area contributed by atoms with Crippen LogP contribution in [0.4, 0.5) is 5.69 Å². The maximum Gasteiger partial charge on any atom is 0.337 e. The molecule has 2 N–H and O–H groups in total. The van der Waals surface area contributed by atoms with Crippen LogP contribution in [0.15, 0.2) is 36.0 Å². The van der Waals surface area contributed by atoms with Crippen molar-refractivity contribution in [2.45, 2.75) is 0 Å². The van der Waals surface area contributed by atoms with Crippen LogP contribution < -0.4 is 5.32 Å². The highest BCUT2D eigenvalue weighted by atomic mass is 16.4. The molecule has 0 heterocycles. The first-order valence-electron chi connectivity index (χ1n) is 4.34. The first-order valence-corrected chi connectivity index (χ1v) is 4.34. The Bertz CT molecular complexity index is 486. The van der Waals surface area contributed by atoms with Crippen LogP contribution in [-0.4, -0.2) is 17.4 Å². The molecule has 80 valence electrons. The van der Waals surface area contributed by atoms with Crippen molar-refractivity contribution in [3.63, 3.8) is 0 Å². The van der Waals surface area contributed by atoms with E-state index in [0.29, 0.717) is 6.29 Å². The van der Waals surface area contributed by atoms with Gasteiger partial charge in [-0.05, 0) is 12.1 Å². The molecular formula is C11H8N2O3. The van der Waals surface area contributed by atoms with Gasteiger partial charge in [0, 0.05) is 6.08 Å². The van der Waals surface area contributed by atoms with E-state index in [1.165, 1.54) is 12.1 Å². The molecule has 0 radical (unpaired) electrons. The monoisotopic (exact) mass is 216 g/mol. The minimum atomic E-state index is -1.11. The Morgan fingerprint density at radius 2 is 2.12 bits per heavy atom.